The lowest BCUT2D eigenvalue weighted by Crippen LogP contribution is -2.31. The maximum Gasteiger partial charge on any atom is 0.124 e. The lowest BCUT2D eigenvalue weighted by Gasteiger charge is -2.24. The zero-order valence-electron chi connectivity index (χ0n) is 11.9. The molecule has 0 bridgehead atoms. The largest absolute Gasteiger partial charge is 0.326 e. The molecule has 3 nitrogen and oxygen atoms in total. The number of rotatable bonds is 6. The topological polar surface area (TPSA) is 21.1 Å². The molecule has 0 amide bonds. The van der Waals surface area contributed by atoms with Crippen LogP contribution in [0.3, 0.4) is 0 Å². The summed E-state index contributed by atoms with van der Waals surface area (Å²) in [6, 6.07) is 8.83. The van der Waals surface area contributed by atoms with Crippen molar-refractivity contribution in [2.75, 3.05) is 13.6 Å². The summed E-state index contributed by atoms with van der Waals surface area (Å²) in [6.45, 7) is 6.43. The van der Waals surface area contributed by atoms with Crippen LogP contribution >= 0.6 is 11.6 Å². The van der Waals surface area contributed by atoms with Gasteiger partial charge in [0.1, 0.15) is 5.82 Å². The van der Waals surface area contributed by atoms with Crippen LogP contribution in [-0.4, -0.2) is 34.1 Å². The van der Waals surface area contributed by atoms with E-state index in [0.29, 0.717) is 11.9 Å². The van der Waals surface area contributed by atoms with Crippen molar-refractivity contribution in [2.24, 2.45) is 0 Å². The molecule has 0 N–H and O–H groups in total. The summed E-state index contributed by atoms with van der Waals surface area (Å²) in [5.41, 5.74) is 2.21. The average molecular weight is 280 g/mol. The molecule has 0 spiro atoms. The molecule has 0 radical (unpaired) electrons. The number of alkyl halides is 1. The molecule has 0 saturated carbocycles. The molecule has 4 heteroatoms. The van der Waals surface area contributed by atoms with Crippen LogP contribution < -0.4 is 0 Å². The number of halogens is 1. The van der Waals surface area contributed by atoms with Gasteiger partial charge in [0.2, 0.25) is 0 Å². The summed E-state index contributed by atoms with van der Waals surface area (Å²) in [6.07, 6.45) is 1.17. The number of nitrogens with zero attached hydrogens (tertiary/aromatic N) is 3. The second kappa shape index (κ2) is 6.40. The van der Waals surface area contributed by atoms with Crippen molar-refractivity contribution in [3.8, 4) is 0 Å². The number of benzene rings is 1. The standard InChI is InChI=1S/C15H22ClN3/c1-4-12(2)18(3)9-10-19-14-8-6-5-7-13(14)17-15(19)11-16/h5-8,12H,4,9-11H2,1-3H3. The molecule has 1 unspecified atom stereocenters. The molecule has 2 aromatic rings. The summed E-state index contributed by atoms with van der Waals surface area (Å²) in [5.74, 6) is 1.42. The second-order valence-corrected chi connectivity index (χ2v) is 5.31. The van der Waals surface area contributed by atoms with Crippen molar-refractivity contribution >= 4 is 22.6 Å². The molecule has 1 aromatic heterocycles. The summed E-state index contributed by atoms with van der Waals surface area (Å²) < 4.78 is 2.24. The van der Waals surface area contributed by atoms with Gasteiger partial charge in [-0.25, -0.2) is 4.98 Å². The normalized spacial score (nSPS) is 13.3. The predicted octanol–water partition coefficient (Wildman–Crippen LogP) is 3.51. The first-order valence-corrected chi connectivity index (χ1v) is 7.41. The SMILES string of the molecule is CCC(C)N(C)CCn1c(CCl)nc2ccccc21. The third-order valence-electron chi connectivity index (χ3n) is 3.87. The van der Waals surface area contributed by atoms with Gasteiger partial charge in [0.25, 0.3) is 0 Å². The Morgan fingerprint density at radius 3 is 2.79 bits per heavy atom. The highest BCUT2D eigenvalue weighted by molar-refractivity contribution is 6.16. The smallest absolute Gasteiger partial charge is 0.124 e. The number of hydrogen-bond acceptors (Lipinski definition) is 2. The van der Waals surface area contributed by atoms with E-state index in [1.807, 2.05) is 12.1 Å². The van der Waals surface area contributed by atoms with E-state index in [1.54, 1.807) is 0 Å². The molecule has 104 valence electrons. The Morgan fingerprint density at radius 1 is 1.37 bits per heavy atom. The fourth-order valence-electron chi connectivity index (χ4n) is 2.27. The Hall–Kier alpha value is -1.06. The van der Waals surface area contributed by atoms with Gasteiger partial charge in [-0.1, -0.05) is 19.1 Å². The molecule has 0 saturated heterocycles. The first-order valence-electron chi connectivity index (χ1n) is 6.87. The van der Waals surface area contributed by atoms with E-state index in [1.165, 1.54) is 11.9 Å². The third kappa shape index (κ3) is 3.10. The number of fused-ring (bicyclic) bond motifs is 1. The fraction of sp³-hybridized carbons (Fsp3) is 0.533. The van der Waals surface area contributed by atoms with E-state index < -0.39 is 0 Å². The quantitative estimate of drug-likeness (QED) is 0.755. The lowest BCUT2D eigenvalue weighted by atomic mass is 10.2. The van der Waals surface area contributed by atoms with Gasteiger partial charge in [0.15, 0.2) is 0 Å². The third-order valence-corrected chi connectivity index (χ3v) is 4.11. The van der Waals surface area contributed by atoms with Crippen molar-refractivity contribution in [1.29, 1.82) is 0 Å². The summed E-state index contributed by atoms with van der Waals surface area (Å²) >= 11 is 6.01. The summed E-state index contributed by atoms with van der Waals surface area (Å²) in [4.78, 5) is 6.97. The van der Waals surface area contributed by atoms with Crippen molar-refractivity contribution < 1.29 is 0 Å². The highest BCUT2D eigenvalue weighted by atomic mass is 35.5. The molecule has 0 aliphatic heterocycles. The molecule has 1 aromatic carbocycles. The van der Waals surface area contributed by atoms with Gasteiger partial charge in [-0.05, 0) is 32.5 Å². The van der Waals surface area contributed by atoms with Gasteiger partial charge in [-0.15, -0.1) is 11.6 Å². The molecular weight excluding hydrogens is 258 g/mol. The molecular formula is C15H22ClN3. The monoisotopic (exact) mass is 279 g/mol. The Morgan fingerprint density at radius 2 is 2.11 bits per heavy atom. The Bertz CT molecular complexity index is 535. The number of para-hydroxylation sites is 2. The van der Waals surface area contributed by atoms with E-state index in [2.05, 4.69) is 47.5 Å². The zero-order valence-corrected chi connectivity index (χ0v) is 12.7. The van der Waals surface area contributed by atoms with Gasteiger partial charge >= 0.3 is 0 Å². The number of likely N-dealkylation sites (N-methyl/N-ethyl adjacent to an activating group) is 1. The Labute approximate surface area is 120 Å². The first kappa shape index (κ1) is 14.4. The number of imidazole rings is 1. The zero-order chi connectivity index (χ0) is 13.8. The number of hydrogen-bond donors (Lipinski definition) is 0. The van der Waals surface area contributed by atoms with Crippen LogP contribution in [0.1, 0.15) is 26.1 Å². The van der Waals surface area contributed by atoms with E-state index in [-0.39, 0.29) is 0 Å². The van der Waals surface area contributed by atoms with Crippen molar-refractivity contribution in [3.63, 3.8) is 0 Å². The highest BCUT2D eigenvalue weighted by Crippen LogP contribution is 2.17. The average Bonchev–Trinajstić information content (AvgIpc) is 2.81. The maximum atomic E-state index is 6.01. The maximum absolute atomic E-state index is 6.01. The van der Waals surface area contributed by atoms with Crippen LogP contribution in [0.25, 0.3) is 11.0 Å². The second-order valence-electron chi connectivity index (χ2n) is 5.04. The predicted molar refractivity (Wildman–Crippen MR) is 81.7 cm³/mol. The Kier molecular flexibility index (Phi) is 4.83. The molecule has 19 heavy (non-hydrogen) atoms. The van der Waals surface area contributed by atoms with Crippen molar-refractivity contribution in [2.45, 2.75) is 38.7 Å². The van der Waals surface area contributed by atoms with Gasteiger partial charge in [0.05, 0.1) is 16.9 Å². The molecule has 1 heterocycles. The molecule has 1 atom stereocenters. The van der Waals surface area contributed by atoms with Crippen molar-refractivity contribution in [1.82, 2.24) is 14.5 Å². The van der Waals surface area contributed by atoms with Gasteiger partial charge in [-0.3, -0.25) is 0 Å². The van der Waals surface area contributed by atoms with Gasteiger partial charge in [-0.2, -0.15) is 0 Å². The van der Waals surface area contributed by atoms with E-state index >= 15 is 0 Å². The summed E-state index contributed by atoms with van der Waals surface area (Å²) in [7, 11) is 2.17. The Balaban J connectivity index is 2.19. The van der Waals surface area contributed by atoms with E-state index in [0.717, 1.165) is 24.4 Å². The van der Waals surface area contributed by atoms with Crippen LogP contribution in [-0.2, 0) is 12.4 Å². The van der Waals surface area contributed by atoms with Crippen molar-refractivity contribution in [3.05, 3.63) is 30.1 Å². The van der Waals surface area contributed by atoms with Crippen LogP contribution in [0, 0.1) is 0 Å². The number of aromatic nitrogens is 2. The minimum Gasteiger partial charge on any atom is -0.326 e. The van der Waals surface area contributed by atoms with Gasteiger partial charge < -0.3 is 9.47 Å². The summed E-state index contributed by atoms with van der Waals surface area (Å²) in [5, 5.41) is 0. The van der Waals surface area contributed by atoms with Crippen LogP contribution in [0.15, 0.2) is 24.3 Å². The molecule has 0 fully saturated rings. The van der Waals surface area contributed by atoms with Crippen LogP contribution in [0.2, 0.25) is 0 Å². The highest BCUT2D eigenvalue weighted by Gasteiger charge is 2.11. The van der Waals surface area contributed by atoms with Crippen LogP contribution in [0.5, 0.6) is 0 Å². The molecule has 2 rings (SSSR count). The molecule has 0 aliphatic rings. The van der Waals surface area contributed by atoms with Gasteiger partial charge in [0, 0.05) is 19.1 Å². The first-order chi connectivity index (χ1) is 9.17. The lowest BCUT2D eigenvalue weighted by molar-refractivity contribution is 0.243. The minimum absolute atomic E-state index is 0.460. The molecule has 0 aliphatic carbocycles. The minimum atomic E-state index is 0.460. The van der Waals surface area contributed by atoms with E-state index in [9.17, 15) is 0 Å². The fourth-order valence-corrected chi connectivity index (χ4v) is 2.47. The van der Waals surface area contributed by atoms with E-state index in [4.69, 9.17) is 11.6 Å². The van der Waals surface area contributed by atoms with Crippen LogP contribution in [0.4, 0.5) is 0 Å².